The van der Waals surface area contributed by atoms with Crippen LogP contribution in [0.1, 0.15) is 6.42 Å². The van der Waals surface area contributed by atoms with Crippen molar-refractivity contribution in [1.29, 1.82) is 0 Å². The largest absolute Gasteiger partial charge is 0.366 e. The van der Waals surface area contributed by atoms with Crippen molar-refractivity contribution in [3.63, 3.8) is 0 Å². The maximum atomic E-state index is 13.0. The summed E-state index contributed by atoms with van der Waals surface area (Å²) in [5.41, 5.74) is 1.12. The zero-order valence-electron chi connectivity index (χ0n) is 11.2. The van der Waals surface area contributed by atoms with E-state index >= 15 is 0 Å². The summed E-state index contributed by atoms with van der Waals surface area (Å²) in [6.45, 7) is 4.14. The highest BCUT2D eigenvalue weighted by Gasteiger charge is 2.22. The molecule has 2 rings (SSSR count). The Hall–Kier alpha value is -1.13. The van der Waals surface area contributed by atoms with Gasteiger partial charge in [0.1, 0.15) is 5.82 Å². The minimum Gasteiger partial charge on any atom is -0.366 e. The molecule has 1 aliphatic rings. The molecule has 1 aliphatic heterocycles. The molecule has 3 nitrogen and oxygen atoms in total. The van der Waals surface area contributed by atoms with Crippen LogP contribution in [-0.2, 0) is 0 Å². The molecule has 1 heterocycles. The van der Waals surface area contributed by atoms with E-state index in [1.54, 1.807) is 12.1 Å². The Balaban J connectivity index is 2.18. The number of hydrogen-bond acceptors (Lipinski definition) is 3. The van der Waals surface area contributed by atoms with Gasteiger partial charge in [0.05, 0.1) is 6.04 Å². The average Bonchev–Trinajstić information content (AvgIpc) is 2.53. The summed E-state index contributed by atoms with van der Waals surface area (Å²) in [7, 11) is 4.14. The van der Waals surface area contributed by atoms with Gasteiger partial charge < -0.3 is 15.1 Å². The summed E-state index contributed by atoms with van der Waals surface area (Å²) in [5, 5.41) is 3.25. The SMILES string of the molecule is CNCC1CN(C)CCCN1c1ccc(F)cc1. The lowest BCUT2D eigenvalue weighted by Gasteiger charge is -2.32. The van der Waals surface area contributed by atoms with Crippen molar-refractivity contribution < 1.29 is 4.39 Å². The third-order valence-electron chi connectivity index (χ3n) is 3.50. The Morgan fingerprint density at radius 1 is 1.28 bits per heavy atom. The highest BCUT2D eigenvalue weighted by Crippen LogP contribution is 2.20. The zero-order chi connectivity index (χ0) is 13.0. The van der Waals surface area contributed by atoms with E-state index in [-0.39, 0.29) is 5.82 Å². The molecule has 0 bridgehead atoms. The summed E-state index contributed by atoms with van der Waals surface area (Å²) in [6.07, 6.45) is 1.15. The van der Waals surface area contributed by atoms with Crippen LogP contribution < -0.4 is 10.2 Å². The molecule has 0 aliphatic carbocycles. The molecule has 0 amide bonds. The second-order valence-electron chi connectivity index (χ2n) is 5.00. The van der Waals surface area contributed by atoms with Crippen molar-refractivity contribution in [3.05, 3.63) is 30.1 Å². The normalized spacial score (nSPS) is 21.9. The molecular formula is C14H22FN3. The Morgan fingerprint density at radius 3 is 2.67 bits per heavy atom. The van der Waals surface area contributed by atoms with E-state index in [2.05, 4.69) is 22.2 Å². The van der Waals surface area contributed by atoms with E-state index in [9.17, 15) is 4.39 Å². The van der Waals surface area contributed by atoms with Crippen molar-refractivity contribution in [2.24, 2.45) is 0 Å². The van der Waals surface area contributed by atoms with Gasteiger partial charge in [0, 0.05) is 25.3 Å². The Labute approximate surface area is 109 Å². The first-order valence-corrected chi connectivity index (χ1v) is 6.56. The Kier molecular flexibility index (Phi) is 4.55. The summed E-state index contributed by atoms with van der Waals surface area (Å²) in [5.74, 6) is -0.171. The molecule has 0 aromatic heterocycles. The van der Waals surface area contributed by atoms with E-state index in [0.717, 1.165) is 38.3 Å². The molecule has 0 spiro atoms. The summed E-state index contributed by atoms with van der Waals surface area (Å²) < 4.78 is 13.0. The molecule has 1 saturated heterocycles. The van der Waals surface area contributed by atoms with Crippen LogP contribution in [0.2, 0.25) is 0 Å². The van der Waals surface area contributed by atoms with Gasteiger partial charge in [-0.15, -0.1) is 0 Å². The van der Waals surface area contributed by atoms with Crippen LogP contribution in [0.25, 0.3) is 0 Å². The lowest BCUT2D eigenvalue weighted by molar-refractivity contribution is 0.328. The quantitative estimate of drug-likeness (QED) is 0.879. The predicted molar refractivity (Wildman–Crippen MR) is 73.6 cm³/mol. The molecule has 1 aromatic rings. The van der Waals surface area contributed by atoms with Gasteiger partial charge >= 0.3 is 0 Å². The highest BCUT2D eigenvalue weighted by molar-refractivity contribution is 5.47. The van der Waals surface area contributed by atoms with Gasteiger partial charge in [0.25, 0.3) is 0 Å². The van der Waals surface area contributed by atoms with Crippen molar-refractivity contribution in [3.8, 4) is 0 Å². The van der Waals surface area contributed by atoms with Crippen molar-refractivity contribution >= 4 is 5.69 Å². The van der Waals surface area contributed by atoms with Crippen molar-refractivity contribution in [2.45, 2.75) is 12.5 Å². The maximum Gasteiger partial charge on any atom is 0.123 e. The lowest BCUT2D eigenvalue weighted by Crippen LogP contribution is -2.46. The van der Waals surface area contributed by atoms with Crippen LogP contribution in [0, 0.1) is 5.82 Å². The van der Waals surface area contributed by atoms with Crippen LogP contribution in [0.3, 0.4) is 0 Å². The van der Waals surface area contributed by atoms with Crippen LogP contribution in [0.15, 0.2) is 24.3 Å². The van der Waals surface area contributed by atoms with Crippen molar-refractivity contribution in [2.75, 3.05) is 45.2 Å². The first kappa shape index (κ1) is 13.3. The number of nitrogens with zero attached hydrogens (tertiary/aromatic N) is 2. The molecule has 100 valence electrons. The van der Waals surface area contributed by atoms with E-state index in [1.165, 1.54) is 0 Å². The fourth-order valence-electron chi connectivity index (χ4n) is 2.63. The standard InChI is InChI=1S/C14H22FN3/c1-16-10-14-11-17(2)8-3-9-18(14)13-6-4-12(15)5-7-13/h4-7,14,16H,3,8-11H2,1-2H3. The second-order valence-corrected chi connectivity index (χ2v) is 5.00. The second kappa shape index (κ2) is 6.16. The summed E-state index contributed by atoms with van der Waals surface area (Å²) in [6, 6.07) is 7.28. The smallest absolute Gasteiger partial charge is 0.123 e. The monoisotopic (exact) mass is 251 g/mol. The summed E-state index contributed by atoms with van der Waals surface area (Å²) >= 11 is 0. The van der Waals surface area contributed by atoms with Gasteiger partial charge in [-0.3, -0.25) is 0 Å². The number of anilines is 1. The van der Waals surface area contributed by atoms with Crippen molar-refractivity contribution in [1.82, 2.24) is 10.2 Å². The number of likely N-dealkylation sites (N-methyl/N-ethyl adjacent to an activating group) is 2. The molecular weight excluding hydrogens is 229 g/mol. The van der Waals surface area contributed by atoms with E-state index in [4.69, 9.17) is 0 Å². The maximum absolute atomic E-state index is 13.0. The molecule has 18 heavy (non-hydrogen) atoms. The topological polar surface area (TPSA) is 18.5 Å². The highest BCUT2D eigenvalue weighted by atomic mass is 19.1. The number of nitrogens with one attached hydrogen (secondary N) is 1. The minimum atomic E-state index is -0.171. The first-order valence-electron chi connectivity index (χ1n) is 6.56. The molecule has 1 atom stereocenters. The lowest BCUT2D eigenvalue weighted by atomic mass is 10.2. The van der Waals surface area contributed by atoms with Gasteiger partial charge in [0.15, 0.2) is 0 Å². The van der Waals surface area contributed by atoms with Gasteiger partial charge in [-0.05, 0) is 51.3 Å². The average molecular weight is 251 g/mol. The number of hydrogen-bond donors (Lipinski definition) is 1. The van der Waals surface area contributed by atoms with Crippen LogP contribution in [0.4, 0.5) is 10.1 Å². The molecule has 1 fully saturated rings. The molecule has 0 radical (unpaired) electrons. The molecule has 1 unspecified atom stereocenters. The molecule has 0 saturated carbocycles. The Morgan fingerprint density at radius 2 is 2.00 bits per heavy atom. The fraction of sp³-hybridized carbons (Fsp3) is 0.571. The zero-order valence-corrected chi connectivity index (χ0v) is 11.2. The predicted octanol–water partition coefficient (Wildman–Crippen LogP) is 1.56. The van der Waals surface area contributed by atoms with Gasteiger partial charge in [-0.25, -0.2) is 4.39 Å². The van der Waals surface area contributed by atoms with Gasteiger partial charge in [-0.1, -0.05) is 0 Å². The van der Waals surface area contributed by atoms with E-state index in [1.807, 2.05) is 19.2 Å². The third kappa shape index (κ3) is 3.21. The number of rotatable bonds is 3. The van der Waals surface area contributed by atoms with E-state index in [0.29, 0.717) is 6.04 Å². The van der Waals surface area contributed by atoms with Crippen LogP contribution in [-0.4, -0.2) is 51.2 Å². The fourth-order valence-corrected chi connectivity index (χ4v) is 2.63. The summed E-state index contributed by atoms with van der Waals surface area (Å²) in [4.78, 5) is 4.75. The Bertz CT molecular complexity index is 366. The minimum absolute atomic E-state index is 0.171. The molecule has 1 aromatic carbocycles. The molecule has 1 N–H and O–H groups in total. The van der Waals surface area contributed by atoms with E-state index < -0.39 is 0 Å². The number of benzene rings is 1. The number of halogens is 1. The van der Waals surface area contributed by atoms with Crippen LogP contribution in [0.5, 0.6) is 0 Å². The van der Waals surface area contributed by atoms with Gasteiger partial charge in [-0.2, -0.15) is 0 Å². The van der Waals surface area contributed by atoms with Crippen LogP contribution >= 0.6 is 0 Å². The molecule has 4 heteroatoms. The third-order valence-corrected chi connectivity index (χ3v) is 3.50. The van der Waals surface area contributed by atoms with Gasteiger partial charge in [0.2, 0.25) is 0 Å². The first-order chi connectivity index (χ1) is 8.70.